The Bertz CT molecular complexity index is 513. The van der Waals surface area contributed by atoms with Crippen LogP contribution in [0.4, 0.5) is 11.6 Å². The first-order valence-corrected chi connectivity index (χ1v) is 5.56. The smallest absolute Gasteiger partial charge is 0.228 e. The van der Waals surface area contributed by atoms with Crippen LogP contribution in [0.1, 0.15) is 5.56 Å². The molecule has 86 valence electrons. The molecule has 0 radical (unpaired) electrons. The first kappa shape index (κ1) is 11.5. The van der Waals surface area contributed by atoms with Gasteiger partial charge in [0.2, 0.25) is 5.95 Å². The fourth-order valence-corrected chi connectivity index (χ4v) is 1.56. The van der Waals surface area contributed by atoms with E-state index in [1.165, 1.54) is 5.56 Å². The molecule has 4 nitrogen and oxygen atoms in total. The Balaban J connectivity index is 1.98. The summed E-state index contributed by atoms with van der Waals surface area (Å²) in [6, 6.07) is 9.72. The highest BCUT2D eigenvalue weighted by Crippen LogP contribution is 2.09. The highest BCUT2D eigenvalue weighted by molar-refractivity contribution is 7.80. The lowest BCUT2D eigenvalue weighted by molar-refractivity contribution is 1.18. The van der Waals surface area contributed by atoms with Crippen LogP contribution in [-0.2, 0) is 0 Å². The zero-order valence-electron chi connectivity index (χ0n) is 9.34. The Morgan fingerprint density at radius 2 is 1.88 bits per heavy atom. The van der Waals surface area contributed by atoms with Gasteiger partial charge in [0, 0.05) is 18.1 Å². The zero-order chi connectivity index (χ0) is 12.1. The summed E-state index contributed by atoms with van der Waals surface area (Å²) in [5.41, 5.74) is 2.12. The van der Waals surface area contributed by atoms with Crippen molar-refractivity contribution in [2.45, 2.75) is 6.92 Å². The first-order valence-electron chi connectivity index (χ1n) is 5.16. The molecule has 0 fully saturated rings. The summed E-state index contributed by atoms with van der Waals surface area (Å²) in [5.74, 6) is 0.484. The maximum atomic E-state index is 5.16. The van der Waals surface area contributed by atoms with E-state index in [0.29, 0.717) is 11.1 Å². The number of anilines is 2. The van der Waals surface area contributed by atoms with Gasteiger partial charge in [-0.1, -0.05) is 12.1 Å². The summed E-state index contributed by atoms with van der Waals surface area (Å²) < 4.78 is 0. The third-order valence-electron chi connectivity index (χ3n) is 2.07. The van der Waals surface area contributed by atoms with E-state index in [0.717, 1.165) is 5.69 Å². The zero-order valence-corrected chi connectivity index (χ0v) is 10.2. The minimum absolute atomic E-state index is 0.474. The Kier molecular flexibility index (Phi) is 3.62. The van der Waals surface area contributed by atoms with Crippen molar-refractivity contribution in [1.29, 1.82) is 0 Å². The van der Waals surface area contributed by atoms with Crippen molar-refractivity contribution in [2.75, 3.05) is 10.6 Å². The molecule has 2 aromatic rings. The van der Waals surface area contributed by atoms with Gasteiger partial charge in [-0.05, 0) is 42.9 Å². The molecule has 1 aromatic carbocycles. The van der Waals surface area contributed by atoms with E-state index in [9.17, 15) is 0 Å². The molecule has 5 heteroatoms. The van der Waals surface area contributed by atoms with E-state index in [-0.39, 0.29) is 0 Å². The van der Waals surface area contributed by atoms with Crippen LogP contribution in [0.15, 0.2) is 42.7 Å². The minimum atomic E-state index is 0.474. The van der Waals surface area contributed by atoms with E-state index in [2.05, 4.69) is 20.6 Å². The highest BCUT2D eigenvalue weighted by atomic mass is 32.1. The third-order valence-corrected chi connectivity index (χ3v) is 2.27. The van der Waals surface area contributed by atoms with Crippen molar-refractivity contribution in [3.05, 3.63) is 48.3 Å². The molecule has 0 aliphatic carbocycles. The molecule has 2 N–H and O–H groups in total. The molecule has 0 aliphatic heterocycles. The normalized spacial score (nSPS) is 9.71. The lowest BCUT2D eigenvalue weighted by atomic mass is 10.2. The van der Waals surface area contributed by atoms with Gasteiger partial charge in [0.25, 0.3) is 0 Å². The van der Waals surface area contributed by atoms with Crippen LogP contribution >= 0.6 is 12.2 Å². The van der Waals surface area contributed by atoms with Gasteiger partial charge in [0.05, 0.1) is 0 Å². The molecule has 0 unspecified atom stereocenters. The van der Waals surface area contributed by atoms with Crippen molar-refractivity contribution in [2.24, 2.45) is 0 Å². The summed E-state index contributed by atoms with van der Waals surface area (Å²) in [6.45, 7) is 2.03. The van der Waals surface area contributed by atoms with E-state index in [1.54, 1.807) is 18.5 Å². The van der Waals surface area contributed by atoms with Gasteiger partial charge >= 0.3 is 0 Å². The van der Waals surface area contributed by atoms with Crippen molar-refractivity contribution in [1.82, 2.24) is 9.97 Å². The first-order chi connectivity index (χ1) is 8.24. The lowest BCUT2D eigenvalue weighted by Crippen LogP contribution is -2.20. The summed E-state index contributed by atoms with van der Waals surface area (Å²) in [7, 11) is 0. The van der Waals surface area contributed by atoms with Crippen LogP contribution in [0.2, 0.25) is 0 Å². The Hall–Kier alpha value is -2.01. The molecule has 1 aromatic heterocycles. The minimum Gasteiger partial charge on any atom is -0.332 e. The van der Waals surface area contributed by atoms with Crippen LogP contribution < -0.4 is 10.6 Å². The number of hydrogen-bond donors (Lipinski definition) is 2. The van der Waals surface area contributed by atoms with Gasteiger partial charge in [0.1, 0.15) is 0 Å². The largest absolute Gasteiger partial charge is 0.332 e. The number of rotatable bonds is 2. The van der Waals surface area contributed by atoms with Gasteiger partial charge in [-0.25, -0.2) is 9.97 Å². The Morgan fingerprint density at radius 3 is 2.59 bits per heavy atom. The van der Waals surface area contributed by atoms with Crippen LogP contribution in [0.5, 0.6) is 0 Å². The maximum absolute atomic E-state index is 5.16. The molecule has 2 rings (SSSR count). The molecular formula is C12H12N4S. The summed E-state index contributed by atoms with van der Waals surface area (Å²) in [4.78, 5) is 8.06. The monoisotopic (exact) mass is 244 g/mol. The fourth-order valence-electron chi connectivity index (χ4n) is 1.35. The fraction of sp³-hybridized carbons (Fsp3) is 0.0833. The van der Waals surface area contributed by atoms with Gasteiger partial charge in [-0.15, -0.1) is 0 Å². The second-order valence-electron chi connectivity index (χ2n) is 3.52. The second-order valence-corrected chi connectivity index (χ2v) is 3.93. The number of aryl methyl sites for hydroxylation is 1. The van der Waals surface area contributed by atoms with Crippen molar-refractivity contribution in [3.63, 3.8) is 0 Å². The van der Waals surface area contributed by atoms with E-state index in [4.69, 9.17) is 12.2 Å². The second kappa shape index (κ2) is 5.36. The SMILES string of the molecule is Cc1cccc(NC(=S)Nc2ncccn2)c1. The van der Waals surface area contributed by atoms with Gasteiger partial charge in [-0.2, -0.15) is 0 Å². The predicted molar refractivity (Wildman–Crippen MR) is 73.1 cm³/mol. The van der Waals surface area contributed by atoms with E-state index < -0.39 is 0 Å². The molecule has 0 aliphatic rings. The van der Waals surface area contributed by atoms with Crippen LogP contribution in [0.25, 0.3) is 0 Å². The van der Waals surface area contributed by atoms with Crippen LogP contribution in [0.3, 0.4) is 0 Å². The number of nitrogens with one attached hydrogen (secondary N) is 2. The average molecular weight is 244 g/mol. The molecule has 17 heavy (non-hydrogen) atoms. The van der Waals surface area contributed by atoms with Crippen LogP contribution in [0, 0.1) is 6.92 Å². The number of hydrogen-bond acceptors (Lipinski definition) is 3. The predicted octanol–water partition coefficient (Wildman–Crippen LogP) is 2.59. The van der Waals surface area contributed by atoms with Crippen molar-refractivity contribution in [3.8, 4) is 0 Å². The molecule has 0 atom stereocenters. The van der Waals surface area contributed by atoms with Crippen molar-refractivity contribution >= 4 is 29.0 Å². The molecule has 0 amide bonds. The number of aromatic nitrogens is 2. The lowest BCUT2D eigenvalue weighted by Gasteiger charge is -2.09. The molecule has 1 heterocycles. The van der Waals surface area contributed by atoms with E-state index >= 15 is 0 Å². The topological polar surface area (TPSA) is 49.8 Å². The van der Waals surface area contributed by atoms with E-state index in [1.807, 2.05) is 31.2 Å². The summed E-state index contributed by atoms with van der Waals surface area (Å²) in [6.07, 6.45) is 3.31. The van der Waals surface area contributed by atoms with Gasteiger partial charge in [0.15, 0.2) is 5.11 Å². The van der Waals surface area contributed by atoms with Crippen LogP contribution in [-0.4, -0.2) is 15.1 Å². The molecule has 0 bridgehead atoms. The maximum Gasteiger partial charge on any atom is 0.228 e. The third kappa shape index (κ3) is 3.49. The number of thiocarbonyl (C=S) groups is 1. The van der Waals surface area contributed by atoms with Gasteiger partial charge < -0.3 is 10.6 Å². The number of benzene rings is 1. The standard InChI is InChI=1S/C12H12N4S/c1-9-4-2-5-10(8-9)15-12(17)16-11-13-6-3-7-14-11/h2-8H,1H3,(H2,13,14,15,16,17). The summed E-state index contributed by atoms with van der Waals surface area (Å²) in [5, 5.41) is 6.45. The number of nitrogens with zero attached hydrogens (tertiary/aromatic N) is 2. The van der Waals surface area contributed by atoms with Gasteiger partial charge in [-0.3, -0.25) is 0 Å². The molecule has 0 saturated heterocycles. The Morgan fingerprint density at radius 1 is 1.12 bits per heavy atom. The molecule has 0 saturated carbocycles. The van der Waals surface area contributed by atoms with Crippen molar-refractivity contribution < 1.29 is 0 Å². The summed E-state index contributed by atoms with van der Waals surface area (Å²) >= 11 is 5.16. The Labute approximate surface area is 105 Å². The average Bonchev–Trinajstić information content (AvgIpc) is 2.30. The quantitative estimate of drug-likeness (QED) is 0.795. The molecular weight excluding hydrogens is 232 g/mol. The molecule has 0 spiro atoms. The highest BCUT2D eigenvalue weighted by Gasteiger charge is 1.99.